The van der Waals surface area contributed by atoms with Crippen LogP contribution < -0.4 is 5.73 Å². The number of hydrogen-bond donors (Lipinski definition) is 2. The maximum absolute atomic E-state index is 13.3. The standard InChI is InChI=1S/C19H15ClFN3O2/c20-13-3-1-2-11(8-13)16(10-25)15-9-12(4-5-14(15)18(22)26)17-6-7-23-19(21)24-17/h1-9,16,25H,10H2,(H2,22,26)/t16-/m0/s1. The highest BCUT2D eigenvalue weighted by molar-refractivity contribution is 6.30. The third kappa shape index (κ3) is 3.71. The highest BCUT2D eigenvalue weighted by Crippen LogP contribution is 2.31. The summed E-state index contributed by atoms with van der Waals surface area (Å²) in [6.07, 6.45) is 0.455. The van der Waals surface area contributed by atoms with E-state index in [4.69, 9.17) is 17.3 Å². The van der Waals surface area contributed by atoms with Crippen molar-refractivity contribution >= 4 is 17.5 Å². The average Bonchev–Trinajstić information content (AvgIpc) is 2.62. The molecule has 1 amide bonds. The van der Waals surface area contributed by atoms with E-state index in [1.807, 2.05) is 0 Å². The van der Waals surface area contributed by atoms with E-state index in [9.17, 15) is 14.3 Å². The molecule has 0 aliphatic rings. The van der Waals surface area contributed by atoms with Gasteiger partial charge in [0.2, 0.25) is 5.91 Å². The van der Waals surface area contributed by atoms with E-state index in [0.717, 1.165) is 5.56 Å². The molecule has 0 saturated carbocycles. The minimum atomic E-state index is -0.850. The molecule has 132 valence electrons. The SMILES string of the molecule is NC(=O)c1ccc(-c2ccnc(F)n2)cc1[C@@H](CO)c1cccc(Cl)c1. The number of rotatable bonds is 5. The van der Waals surface area contributed by atoms with Crippen LogP contribution in [0.2, 0.25) is 5.02 Å². The summed E-state index contributed by atoms with van der Waals surface area (Å²) in [5.74, 6) is -1.15. The van der Waals surface area contributed by atoms with Crippen molar-refractivity contribution in [3.05, 3.63) is 82.5 Å². The van der Waals surface area contributed by atoms with Gasteiger partial charge in [-0.1, -0.05) is 29.8 Å². The van der Waals surface area contributed by atoms with Crippen LogP contribution in [0, 0.1) is 6.08 Å². The summed E-state index contributed by atoms with van der Waals surface area (Å²) < 4.78 is 13.3. The first-order valence-corrected chi connectivity index (χ1v) is 8.16. The molecule has 3 aromatic rings. The zero-order valence-electron chi connectivity index (χ0n) is 13.6. The number of benzene rings is 2. The fraction of sp³-hybridized carbons (Fsp3) is 0.105. The predicted molar refractivity (Wildman–Crippen MR) is 96.3 cm³/mol. The van der Waals surface area contributed by atoms with E-state index in [-0.39, 0.29) is 12.2 Å². The van der Waals surface area contributed by atoms with Gasteiger partial charge in [-0.25, -0.2) is 9.97 Å². The van der Waals surface area contributed by atoms with Crippen LogP contribution in [0.3, 0.4) is 0 Å². The van der Waals surface area contributed by atoms with E-state index in [1.165, 1.54) is 6.20 Å². The highest BCUT2D eigenvalue weighted by atomic mass is 35.5. The molecule has 3 N–H and O–H groups in total. The number of nitrogens with two attached hydrogens (primary N) is 1. The topological polar surface area (TPSA) is 89.1 Å². The summed E-state index contributed by atoms with van der Waals surface area (Å²) in [6.45, 7) is -0.262. The maximum Gasteiger partial charge on any atom is 0.309 e. The number of aliphatic hydroxyl groups excluding tert-OH is 1. The Morgan fingerprint density at radius 1 is 1.23 bits per heavy atom. The summed E-state index contributed by atoms with van der Waals surface area (Å²) in [5.41, 5.74) is 7.94. The number of carbonyl (C=O) groups is 1. The largest absolute Gasteiger partial charge is 0.395 e. The molecule has 0 spiro atoms. The Balaban J connectivity index is 2.16. The zero-order chi connectivity index (χ0) is 18.7. The number of primary amides is 1. The Labute approximate surface area is 154 Å². The Morgan fingerprint density at radius 3 is 2.69 bits per heavy atom. The van der Waals surface area contributed by atoms with E-state index < -0.39 is 17.9 Å². The first-order valence-electron chi connectivity index (χ1n) is 7.78. The Morgan fingerprint density at radius 2 is 2.04 bits per heavy atom. The molecule has 0 fully saturated rings. The Kier molecular flexibility index (Phi) is 5.25. The third-order valence-electron chi connectivity index (χ3n) is 4.05. The van der Waals surface area contributed by atoms with Gasteiger partial charge in [0.25, 0.3) is 0 Å². The van der Waals surface area contributed by atoms with Crippen molar-refractivity contribution in [1.82, 2.24) is 9.97 Å². The monoisotopic (exact) mass is 371 g/mol. The van der Waals surface area contributed by atoms with Gasteiger partial charge < -0.3 is 10.8 Å². The van der Waals surface area contributed by atoms with Crippen LogP contribution in [0.5, 0.6) is 0 Å². The third-order valence-corrected chi connectivity index (χ3v) is 4.28. The lowest BCUT2D eigenvalue weighted by atomic mass is 9.87. The van der Waals surface area contributed by atoms with Crippen LogP contribution in [0.15, 0.2) is 54.7 Å². The minimum absolute atomic E-state index is 0.262. The molecule has 0 aliphatic heterocycles. The van der Waals surface area contributed by atoms with Crippen molar-refractivity contribution in [2.45, 2.75) is 5.92 Å². The lowest BCUT2D eigenvalue weighted by molar-refractivity contribution is 0.0999. The molecule has 0 aliphatic carbocycles. The van der Waals surface area contributed by atoms with Crippen LogP contribution in [-0.2, 0) is 0 Å². The predicted octanol–water partition coefficient (Wildman–Crippen LogP) is 3.16. The molecule has 0 saturated heterocycles. The molecular formula is C19H15ClFN3O2. The van der Waals surface area contributed by atoms with Crippen molar-refractivity contribution in [1.29, 1.82) is 0 Å². The van der Waals surface area contributed by atoms with E-state index in [2.05, 4.69) is 9.97 Å². The van der Waals surface area contributed by atoms with Crippen molar-refractivity contribution in [3.8, 4) is 11.3 Å². The van der Waals surface area contributed by atoms with Gasteiger partial charge in [-0.05, 0) is 41.5 Å². The molecule has 26 heavy (non-hydrogen) atoms. The first-order chi connectivity index (χ1) is 12.5. The van der Waals surface area contributed by atoms with E-state index >= 15 is 0 Å². The van der Waals surface area contributed by atoms with Gasteiger partial charge in [-0.15, -0.1) is 0 Å². The first kappa shape index (κ1) is 18.0. The fourth-order valence-electron chi connectivity index (χ4n) is 2.84. The fourth-order valence-corrected chi connectivity index (χ4v) is 3.04. The molecule has 1 aromatic heterocycles. The number of aliphatic hydroxyl groups is 1. The number of amides is 1. The van der Waals surface area contributed by atoms with Gasteiger partial charge in [0.1, 0.15) is 0 Å². The summed E-state index contributed by atoms with van der Waals surface area (Å²) in [6, 6.07) is 13.4. The minimum Gasteiger partial charge on any atom is -0.395 e. The molecule has 3 rings (SSSR count). The van der Waals surface area contributed by atoms with Crippen molar-refractivity contribution in [2.75, 3.05) is 6.61 Å². The molecule has 1 heterocycles. The Hall–Kier alpha value is -2.83. The molecule has 2 aromatic carbocycles. The summed E-state index contributed by atoms with van der Waals surface area (Å²) in [7, 11) is 0. The Bertz CT molecular complexity index is 965. The normalized spacial score (nSPS) is 12.0. The van der Waals surface area contributed by atoms with Gasteiger partial charge in [0.05, 0.1) is 12.3 Å². The zero-order valence-corrected chi connectivity index (χ0v) is 14.3. The number of halogens is 2. The van der Waals surface area contributed by atoms with Crippen molar-refractivity contribution < 1.29 is 14.3 Å². The number of carbonyl (C=O) groups excluding carboxylic acids is 1. The van der Waals surface area contributed by atoms with E-state index in [1.54, 1.807) is 48.5 Å². The van der Waals surface area contributed by atoms with E-state index in [0.29, 0.717) is 21.8 Å². The number of hydrogen-bond acceptors (Lipinski definition) is 4. The van der Waals surface area contributed by atoms with Crippen molar-refractivity contribution in [3.63, 3.8) is 0 Å². The lowest BCUT2D eigenvalue weighted by Crippen LogP contribution is -2.18. The van der Waals surface area contributed by atoms with Gasteiger partial charge >= 0.3 is 6.08 Å². The van der Waals surface area contributed by atoms with Crippen LogP contribution in [0.1, 0.15) is 27.4 Å². The van der Waals surface area contributed by atoms with Crippen LogP contribution >= 0.6 is 11.6 Å². The summed E-state index contributed by atoms with van der Waals surface area (Å²) in [4.78, 5) is 19.1. The molecule has 0 radical (unpaired) electrons. The summed E-state index contributed by atoms with van der Waals surface area (Å²) in [5, 5.41) is 10.5. The van der Waals surface area contributed by atoms with Gasteiger partial charge in [-0.3, -0.25) is 4.79 Å². The maximum atomic E-state index is 13.3. The van der Waals surface area contributed by atoms with Crippen molar-refractivity contribution in [2.24, 2.45) is 5.73 Å². The number of aromatic nitrogens is 2. The molecule has 5 nitrogen and oxygen atoms in total. The highest BCUT2D eigenvalue weighted by Gasteiger charge is 2.21. The van der Waals surface area contributed by atoms with Gasteiger partial charge in [-0.2, -0.15) is 4.39 Å². The second kappa shape index (κ2) is 7.59. The second-order valence-electron chi connectivity index (χ2n) is 5.67. The quantitative estimate of drug-likeness (QED) is 0.674. The lowest BCUT2D eigenvalue weighted by Gasteiger charge is -2.19. The van der Waals surface area contributed by atoms with Crippen LogP contribution in [-0.4, -0.2) is 27.6 Å². The molecule has 0 unspecified atom stereocenters. The van der Waals surface area contributed by atoms with Crippen LogP contribution in [0.4, 0.5) is 4.39 Å². The van der Waals surface area contributed by atoms with Gasteiger partial charge in [0, 0.05) is 28.3 Å². The smallest absolute Gasteiger partial charge is 0.309 e. The number of nitrogens with zero attached hydrogens (tertiary/aromatic N) is 2. The second-order valence-corrected chi connectivity index (χ2v) is 6.10. The molecule has 0 bridgehead atoms. The molecule has 7 heteroatoms. The average molecular weight is 372 g/mol. The molecular weight excluding hydrogens is 357 g/mol. The van der Waals surface area contributed by atoms with Gasteiger partial charge in [0.15, 0.2) is 0 Å². The van der Waals surface area contributed by atoms with Crippen LogP contribution in [0.25, 0.3) is 11.3 Å². The summed E-state index contributed by atoms with van der Waals surface area (Å²) >= 11 is 6.05. The molecule has 1 atom stereocenters.